The normalized spacial score (nSPS) is 16.0. The third kappa shape index (κ3) is 6.62. The van der Waals surface area contributed by atoms with Crippen LogP contribution >= 0.6 is 22.9 Å². The lowest BCUT2D eigenvalue weighted by atomic mass is 10.1. The largest absolute Gasteiger partial charge is 0.332 e. The summed E-state index contributed by atoms with van der Waals surface area (Å²) in [5.74, 6) is -0.692. The maximum Gasteiger partial charge on any atom is 0.250 e. The first-order valence-electron chi connectivity index (χ1n) is 12.4. The summed E-state index contributed by atoms with van der Waals surface area (Å²) in [5.41, 5.74) is 1.42. The number of hydrogen-bond donors (Lipinski definition) is 1. The Bertz CT molecular complexity index is 1540. The molecule has 0 bridgehead atoms. The van der Waals surface area contributed by atoms with Crippen molar-refractivity contribution < 1.29 is 18.0 Å². The van der Waals surface area contributed by atoms with Crippen molar-refractivity contribution in [2.24, 2.45) is 0 Å². The standard InChI is InChI=1S/C27H26ClN5O4S2/c28-20-10-9-19-14-26(38-24(19)15-20)39(36,37)31-23-8-5-13-32(27(23)35)18-25(34)33(16-21-6-1-3-11-29-21)17-22-7-2-4-12-30-22/h1-4,6-7,9-12,14-15,23,31H,5,8,13,16-18H2. The summed E-state index contributed by atoms with van der Waals surface area (Å²) in [6, 6.07) is 16.7. The number of nitrogens with one attached hydrogen (secondary N) is 1. The molecule has 1 saturated heterocycles. The highest BCUT2D eigenvalue weighted by atomic mass is 35.5. The summed E-state index contributed by atoms with van der Waals surface area (Å²) >= 11 is 7.13. The average Bonchev–Trinajstić information content (AvgIpc) is 3.36. The number of likely N-dealkylation sites (tertiary alicyclic amines) is 1. The molecular weight excluding hydrogens is 558 g/mol. The highest BCUT2D eigenvalue weighted by Crippen LogP contribution is 2.31. The van der Waals surface area contributed by atoms with Gasteiger partial charge in [-0.05, 0) is 60.7 Å². The van der Waals surface area contributed by atoms with Crippen LogP contribution in [0, 0.1) is 0 Å². The molecule has 9 nitrogen and oxygen atoms in total. The fourth-order valence-corrected chi connectivity index (χ4v) is 7.35. The predicted molar refractivity (Wildman–Crippen MR) is 149 cm³/mol. The van der Waals surface area contributed by atoms with Crippen LogP contribution in [-0.4, -0.2) is 59.1 Å². The minimum atomic E-state index is -3.95. The highest BCUT2D eigenvalue weighted by Gasteiger charge is 2.34. The van der Waals surface area contributed by atoms with Crippen LogP contribution in [0.15, 0.2) is 77.3 Å². The molecule has 12 heteroatoms. The van der Waals surface area contributed by atoms with E-state index in [4.69, 9.17) is 11.6 Å². The first-order chi connectivity index (χ1) is 18.8. The van der Waals surface area contributed by atoms with Gasteiger partial charge < -0.3 is 9.80 Å². The van der Waals surface area contributed by atoms with E-state index in [1.54, 1.807) is 53.7 Å². The minimum Gasteiger partial charge on any atom is -0.332 e. The first-order valence-corrected chi connectivity index (χ1v) is 15.0. The number of thiophene rings is 1. The molecule has 0 saturated carbocycles. The summed E-state index contributed by atoms with van der Waals surface area (Å²) in [4.78, 5) is 38.4. The van der Waals surface area contributed by atoms with Crippen molar-refractivity contribution in [3.63, 3.8) is 0 Å². The summed E-state index contributed by atoms with van der Waals surface area (Å²) in [6.45, 7) is 0.706. The van der Waals surface area contributed by atoms with Crippen LogP contribution in [0.2, 0.25) is 5.02 Å². The second-order valence-electron chi connectivity index (χ2n) is 9.22. The summed E-state index contributed by atoms with van der Waals surface area (Å²) in [6.07, 6.45) is 4.24. The zero-order valence-electron chi connectivity index (χ0n) is 20.9. The van der Waals surface area contributed by atoms with E-state index < -0.39 is 22.0 Å². The molecule has 5 rings (SSSR count). The first kappa shape index (κ1) is 27.2. The number of carbonyl (C=O) groups is 2. The smallest absolute Gasteiger partial charge is 0.250 e. The van der Waals surface area contributed by atoms with Crippen LogP contribution in [0.25, 0.3) is 10.1 Å². The average molecular weight is 584 g/mol. The number of piperidine rings is 1. The van der Waals surface area contributed by atoms with E-state index in [1.165, 1.54) is 4.90 Å². The molecule has 1 aromatic carbocycles. The minimum absolute atomic E-state index is 0.109. The molecule has 1 atom stereocenters. The zero-order valence-corrected chi connectivity index (χ0v) is 23.3. The van der Waals surface area contributed by atoms with Crippen molar-refractivity contribution in [3.8, 4) is 0 Å². The van der Waals surface area contributed by atoms with Crippen molar-refractivity contribution in [3.05, 3.63) is 89.5 Å². The maximum atomic E-state index is 13.4. The Kier molecular flexibility index (Phi) is 8.22. The molecular formula is C27H26ClN5O4S2. The monoisotopic (exact) mass is 583 g/mol. The summed E-state index contributed by atoms with van der Waals surface area (Å²) in [7, 11) is -3.95. The van der Waals surface area contributed by atoms with Gasteiger partial charge in [0.1, 0.15) is 10.3 Å². The van der Waals surface area contributed by atoms with Gasteiger partial charge in [0, 0.05) is 28.7 Å². The van der Waals surface area contributed by atoms with Crippen LogP contribution in [-0.2, 0) is 32.7 Å². The lowest BCUT2D eigenvalue weighted by Crippen LogP contribution is -2.54. The molecule has 1 aliphatic heterocycles. The lowest BCUT2D eigenvalue weighted by Gasteiger charge is -2.33. The molecule has 0 spiro atoms. The van der Waals surface area contributed by atoms with Gasteiger partial charge in [0.25, 0.3) is 10.0 Å². The number of hydrogen-bond acceptors (Lipinski definition) is 7. The predicted octanol–water partition coefficient (Wildman–Crippen LogP) is 3.84. The van der Waals surface area contributed by atoms with E-state index in [0.717, 1.165) is 21.4 Å². The van der Waals surface area contributed by atoms with Crippen LogP contribution in [0.1, 0.15) is 24.2 Å². The van der Waals surface area contributed by atoms with Gasteiger partial charge in [0.15, 0.2) is 0 Å². The van der Waals surface area contributed by atoms with E-state index in [2.05, 4.69) is 14.7 Å². The molecule has 1 unspecified atom stereocenters. The molecule has 4 aromatic rings. The Hall–Kier alpha value is -3.38. The SMILES string of the molecule is O=C(CN1CCCC(NS(=O)(=O)c2cc3ccc(Cl)cc3s2)C1=O)N(Cc1ccccn1)Cc1ccccn1. The molecule has 0 aliphatic carbocycles. The number of fused-ring (bicyclic) bond motifs is 1. The number of aromatic nitrogens is 2. The molecule has 0 radical (unpaired) electrons. The van der Waals surface area contributed by atoms with Gasteiger partial charge in [0.2, 0.25) is 11.8 Å². The second kappa shape index (κ2) is 11.8. The molecule has 39 heavy (non-hydrogen) atoms. The Balaban J connectivity index is 1.29. The van der Waals surface area contributed by atoms with Crippen LogP contribution in [0.5, 0.6) is 0 Å². The van der Waals surface area contributed by atoms with Gasteiger partial charge in [-0.1, -0.05) is 29.8 Å². The Labute approximate surface area is 235 Å². The van der Waals surface area contributed by atoms with E-state index in [-0.39, 0.29) is 29.8 Å². The fraction of sp³-hybridized carbons (Fsp3) is 0.259. The molecule has 3 aromatic heterocycles. The van der Waals surface area contributed by atoms with Gasteiger partial charge in [-0.3, -0.25) is 19.6 Å². The van der Waals surface area contributed by atoms with Gasteiger partial charge in [-0.25, -0.2) is 8.42 Å². The molecule has 1 aliphatic rings. The Morgan fingerprint density at radius 3 is 2.38 bits per heavy atom. The highest BCUT2D eigenvalue weighted by molar-refractivity contribution is 7.91. The van der Waals surface area contributed by atoms with Crippen molar-refractivity contribution >= 4 is 54.9 Å². The summed E-state index contributed by atoms with van der Waals surface area (Å²) in [5, 5.41) is 1.28. The van der Waals surface area contributed by atoms with E-state index in [1.807, 2.05) is 24.3 Å². The summed E-state index contributed by atoms with van der Waals surface area (Å²) < 4.78 is 29.7. The molecule has 4 heterocycles. The maximum absolute atomic E-state index is 13.4. The third-order valence-electron chi connectivity index (χ3n) is 6.39. The van der Waals surface area contributed by atoms with Gasteiger partial charge in [0.05, 0.1) is 31.0 Å². The topological polar surface area (TPSA) is 113 Å². The number of nitrogens with zero attached hydrogens (tertiary/aromatic N) is 4. The number of benzene rings is 1. The molecule has 2 amide bonds. The number of halogens is 1. The van der Waals surface area contributed by atoms with E-state index in [9.17, 15) is 18.0 Å². The van der Waals surface area contributed by atoms with Crippen LogP contribution in [0.3, 0.4) is 0 Å². The lowest BCUT2D eigenvalue weighted by molar-refractivity contribution is -0.143. The fourth-order valence-electron chi connectivity index (χ4n) is 4.43. The van der Waals surface area contributed by atoms with Crippen molar-refractivity contribution in [1.82, 2.24) is 24.5 Å². The second-order valence-corrected chi connectivity index (χ2v) is 12.7. The zero-order chi connectivity index (χ0) is 27.4. The molecule has 202 valence electrons. The van der Waals surface area contributed by atoms with Gasteiger partial charge in [-0.15, -0.1) is 11.3 Å². The van der Waals surface area contributed by atoms with Crippen molar-refractivity contribution in [1.29, 1.82) is 0 Å². The van der Waals surface area contributed by atoms with E-state index in [0.29, 0.717) is 35.8 Å². The van der Waals surface area contributed by atoms with Gasteiger partial charge >= 0.3 is 0 Å². The van der Waals surface area contributed by atoms with Crippen LogP contribution in [0.4, 0.5) is 0 Å². The molecule has 1 N–H and O–H groups in total. The number of carbonyl (C=O) groups excluding carboxylic acids is 2. The van der Waals surface area contributed by atoms with E-state index >= 15 is 0 Å². The third-order valence-corrected chi connectivity index (χ3v) is 9.67. The van der Waals surface area contributed by atoms with Gasteiger partial charge in [-0.2, -0.15) is 4.72 Å². The van der Waals surface area contributed by atoms with Crippen molar-refractivity contribution in [2.45, 2.75) is 36.2 Å². The number of amides is 2. The Morgan fingerprint density at radius 2 is 1.74 bits per heavy atom. The van der Waals surface area contributed by atoms with Crippen molar-refractivity contribution in [2.75, 3.05) is 13.1 Å². The van der Waals surface area contributed by atoms with Crippen LogP contribution < -0.4 is 4.72 Å². The quantitative estimate of drug-likeness (QED) is 0.320. The number of pyridine rings is 2. The molecule has 1 fully saturated rings. The Morgan fingerprint density at radius 1 is 1.05 bits per heavy atom. The number of rotatable bonds is 9. The number of sulfonamides is 1.